The predicted molar refractivity (Wildman–Crippen MR) is 150 cm³/mol. The third kappa shape index (κ3) is 5.00. The van der Waals surface area contributed by atoms with Crippen molar-refractivity contribution in [3.05, 3.63) is 94.9 Å². The van der Waals surface area contributed by atoms with Crippen LogP contribution in [0.2, 0.25) is 0 Å². The topological polar surface area (TPSA) is 110 Å². The minimum Gasteiger partial charge on any atom is -0.388 e. The van der Waals surface area contributed by atoms with Crippen LogP contribution in [0, 0.1) is 5.82 Å². The van der Waals surface area contributed by atoms with Crippen LogP contribution in [0.25, 0.3) is 16.7 Å². The van der Waals surface area contributed by atoms with E-state index >= 15 is 0 Å². The molecule has 41 heavy (non-hydrogen) atoms. The van der Waals surface area contributed by atoms with Crippen LogP contribution < -0.4 is 10.5 Å². The summed E-state index contributed by atoms with van der Waals surface area (Å²) in [5, 5.41) is 20.4. The van der Waals surface area contributed by atoms with Gasteiger partial charge in [-0.25, -0.2) is 23.7 Å². The van der Waals surface area contributed by atoms with E-state index in [0.717, 1.165) is 35.9 Å². The largest absolute Gasteiger partial charge is 0.388 e. The number of anilines is 1. The molecule has 5 heterocycles. The van der Waals surface area contributed by atoms with Crippen molar-refractivity contribution < 1.29 is 9.50 Å². The zero-order valence-electron chi connectivity index (χ0n) is 22.5. The van der Waals surface area contributed by atoms with E-state index in [4.69, 9.17) is 0 Å². The first-order chi connectivity index (χ1) is 19.9. The molecule has 2 aromatic carbocycles. The lowest BCUT2D eigenvalue weighted by Crippen LogP contribution is -2.47. The fraction of sp³-hybridized carbons (Fsp3) is 0.345. The predicted octanol–water partition coefficient (Wildman–Crippen LogP) is 2.36. The highest BCUT2D eigenvalue weighted by atomic mass is 19.1. The Bertz CT molecular complexity index is 1740. The average Bonchev–Trinajstić information content (AvgIpc) is 3.64. The van der Waals surface area contributed by atoms with E-state index in [-0.39, 0.29) is 17.9 Å². The summed E-state index contributed by atoms with van der Waals surface area (Å²) in [7, 11) is 0. The molecule has 0 unspecified atom stereocenters. The van der Waals surface area contributed by atoms with Crippen molar-refractivity contribution in [3.8, 4) is 5.69 Å². The first-order valence-electron chi connectivity index (χ1n) is 13.8. The van der Waals surface area contributed by atoms with Gasteiger partial charge in [0.05, 0.1) is 37.1 Å². The number of likely N-dealkylation sites (tertiary alicyclic amines) is 1. The number of halogens is 1. The smallest absolute Gasteiger partial charge is 0.264 e. The summed E-state index contributed by atoms with van der Waals surface area (Å²) < 4.78 is 18.3. The maximum atomic E-state index is 13.4. The number of hydrogen-bond donors (Lipinski definition) is 1. The van der Waals surface area contributed by atoms with Crippen LogP contribution in [0.15, 0.2) is 72.2 Å². The molecule has 3 aromatic heterocycles. The molecule has 0 saturated carbocycles. The van der Waals surface area contributed by atoms with Gasteiger partial charge in [-0.15, -0.1) is 0 Å². The van der Waals surface area contributed by atoms with E-state index in [0.29, 0.717) is 50.1 Å². The Morgan fingerprint density at radius 2 is 1.66 bits per heavy atom. The summed E-state index contributed by atoms with van der Waals surface area (Å²) >= 11 is 0. The molecule has 0 aliphatic carbocycles. The molecule has 0 spiro atoms. The molecule has 1 saturated heterocycles. The van der Waals surface area contributed by atoms with Gasteiger partial charge in [0.2, 0.25) is 0 Å². The third-order valence-corrected chi connectivity index (χ3v) is 8.19. The zero-order valence-corrected chi connectivity index (χ0v) is 22.5. The van der Waals surface area contributed by atoms with Gasteiger partial charge >= 0.3 is 0 Å². The first kappa shape index (κ1) is 25.5. The molecule has 2 aliphatic rings. The number of rotatable bonds is 6. The van der Waals surface area contributed by atoms with Crippen molar-refractivity contribution in [2.45, 2.75) is 44.6 Å². The molecule has 11 nitrogen and oxygen atoms in total. The minimum atomic E-state index is -1.01. The summed E-state index contributed by atoms with van der Waals surface area (Å²) in [5.41, 5.74) is 2.16. The van der Waals surface area contributed by atoms with E-state index < -0.39 is 5.60 Å². The molecule has 0 bridgehead atoms. The summed E-state index contributed by atoms with van der Waals surface area (Å²) in [5.74, 6) is 0.695. The van der Waals surface area contributed by atoms with E-state index in [2.05, 4.69) is 30.0 Å². The number of piperidine rings is 1. The second-order valence-electron chi connectivity index (χ2n) is 10.9. The summed E-state index contributed by atoms with van der Waals surface area (Å²) in [6.07, 6.45) is 5.69. The highest BCUT2D eigenvalue weighted by Gasteiger charge is 2.33. The van der Waals surface area contributed by atoms with Crippen LogP contribution in [-0.2, 0) is 26.2 Å². The highest BCUT2D eigenvalue weighted by molar-refractivity contribution is 5.75. The maximum Gasteiger partial charge on any atom is 0.264 e. The van der Waals surface area contributed by atoms with Crippen LogP contribution in [0.3, 0.4) is 0 Å². The molecule has 0 amide bonds. The van der Waals surface area contributed by atoms with E-state index in [1.165, 1.54) is 23.0 Å². The van der Waals surface area contributed by atoms with Crippen molar-refractivity contribution in [3.63, 3.8) is 0 Å². The SMILES string of the molecule is O=c1c2cnn(-c3ccc(N4CCn5ncnc5C4)cc3)c2ncn1CC1(O)CCN(Cc2ccc(F)cc2)CC1. The fourth-order valence-corrected chi connectivity index (χ4v) is 5.79. The lowest BCUT2D eigenvalue weighted by Gasteiger charge is -2.38. The molecule has 7 rings (SSSR count). The van der Waals surface area contributed by atoms with Gasteiger partial charge < -0.3 is 10.0 Å². The first-order valence-corrected chi connectivity index (χ1v) is 13.8. The minimum absolute atomic E-state index is 0.169. The number of aromatic nitrogens is 7. The van der Waals surface area contributed by atoms with Gasteiger partial charge in [-0.05, 0) is 54.8 Å². The van der Waals surface area contributed by atoms with Gasteiger partial charge in [0, 0.05) is 31.9 Å². The molecule has 1 fully saturated rings. The van der Waals surface area contributed by atoms with E-state index in [9.17, 15) is 14.3 Å². The van der Waals surface area contributed by atoms with Gasteiger partial charge in [0.1, 0.15) is 29.7 Å². The van der Waals surface area contributed by atoms with Crippen LogP contribution >= 0.6 is 0 Å². The quantitative estimate of drug-likeness (QED) is 0.340. The van der Waals surface area contributed by atoms with Crippen molar-refractivity contribution in [1.29, 1.82) is 0 Å². The Balaban J connectivity index is 1.04. The lowest BCUT2D eigenvalue weighted by atomic mass is 9.91. The Labute approximate surface area is 235 Å². The molecular weight excluding hydrogens is 525 g/mol. The second kappa shape index (κ2) is 10.2. The summed E-state index contributed by atoms with van der Waals surface area (Å²) in [6.45, 7) is 4.57. The maximum absolute atomic E-state index is 13.4. The highest BCUT2D eigenvalue weighted by Crippen LogP contribution is 2.26. The van der Waals surface area contributed by atoms with Crippen molar-refractivity contribution in [2.75, 3.05) is 24.5 Å². The van der Waals surface area contributed by atoms with E-state index in [1.54, 1.807) is 29.3 Å². The molecule has 2 aliphatic heterocycles. The van der Waals surface area contributed by atoms with Gasteiger partial charge in [0.15, 0.2) is 5.65 Å². The van der Waals surface area contributed by atoms with Gasteiger partial charge in [-0.2, -0.15) is 10.2 Å². The standard InChI is InChI=1S/C29H30FN9O2/c30-22-3-1-21(2-4-22)16-35-11-9-29(41,10-12-35)18-37-20-32-27-25(28(37)40)15-33-39(27)24-7-5-23(6-8-24)36-13-14-38-26(17-36)31-19-34-38/h1-8,15,19-20,41H,9-14,16-18H2. The Morgan fingerprint density at radius 3 is 2.44 bits per heavy atom. The van der Waals surface area contributed by atoms with Crippen molar-refractivity contribution >= 4 is 16.7 Å². The summed E-state index contributed by atoms with van der Waals surface area (Å²) in [6, 6.07) is 14.5. The van der Waals surface area contributed by atoms with Crippen LogP contribution in [0.5, 0.6) is 0 Å². The van der Waals surface area contributed by atoms with Gasteiger partial charge in [-0.1, -0.05) is 12.1 Å². The molecule has 1 N–H and O–H groups in total. The third-order valence-electron chi connectivity index (χ3n) is 8.19. The van der Waals surface area contributed by atoms with E-state index in [1.807, 2.05) is 28.9 Å². The van der Waals surface area contributed by atoms with Gasteiger partial charge in [0.25, 0.3) is 5.56 Å². The molecule has 12 heteroatoms. The van der Waals surface area contributed by atoms with Gasteiger partial charge in [-0.3, -0.25) is 14.3 Å². The summed E-state index contributed by atoms with van der Waals surface area (Å²) in [4.78, 5) is 26.7. The normalized spacial score (nSPS) is 17.2. The number of benzene rings is 2. The van der Waals surface area contributed by atoms with Crippen LogP contribution in [0.4, 0.5) is 10.1 Å². The number of aliphatic hydroxyl groups is 1. The molecule has 0 radical (unpaired) electrons. The zero-order chi connectivity index (χ0) is 28.0. The number of fused-ring (bicyclic) bond motifs is 2. The van der Waals surface area contributed by atoms with Crippen molar-refractivity contribution in [1.82, 2.24) is 39.0 Å². The Kier molecular flexibility index (Phi) is 6.36. The average molecular weight is 556 g/mol. The molecule has 0 atom stereocenters. The van der Waals surface area contributed by atoms with Crippen molar-refractivity contribution in [2.24, 2.45) is 0 Å². The Hall–Kier alpha value is -4.42. The monoisotopic (exact) mass is 555 g/mol. The molecular formula is C29H30FN9O2. The van der Waals surface area contributed by atoms with Crippen LogP contribution in [0.1, 0.15) is 24.2 Å². The lowest BCUT2D eigenvalue weighted by molar-refractivity contribution is -0.0364. The van der Waals surface area contributed by atoms with Crippen LogP contribution in [-0.4, -0.2) is 69.3 Å². The molecule has 5 aromatic rings. The number of hydrogen-bond acceptors (Lipinski definition) is 8. The molecule has 210 valence electrons. The fourth-order valence-electron chi connectivity index (χ4n) is 5.79. The Morgan fingerprint density at radius 1 is 0.902 bits per heavy atom. The number of nitrogens with zero attached hydrogens (tertiary/aromatic N) is 9. The second-order valence-corrected chi connectivity index (χ2v) is 10.9.